The van der Waals surface area contributed by atoms with Crippen molar-refractivity contribution >= 4 is 17.2 Å². The molecule has 0 radical (unpaired) electrons. The van der Waals surface area contributed by atoms with Gasteiger partial charge in [-0.1, -0.05) is 37.3 Å². The Kier molecular flexibility index (Phi) is 3.81. The molecular formula is C15H16N2OS. The summed E-state index contributed by atoms with van der Waals surface area (Å²) >= 11 is 4.93. The number of aromatic nitrogens is 1. The van der Waals surface area contributed by atoms with Gasteiger partial charge in [-0.25, -0.2) is 0 Å². The van der Waals surface area contributed by atoms with Gasteiger partial charge in [0.1, 0.15) is 4.99 Å². The van der Waals surface area contributed by atoms with Gasteiger partial charge in [-0.3, -0.25) is 4.79 Å². The standard InChI is InChI=1S/C15H16N2OS/c1-3-11-6-4-5-7-13(11)17-9-12(15(16)19)14(18)8-10(17)2/h4-9H,3H2,1-2H3,(H2,16,19). The average Bonchev–Trinajstić information content (AvgIpc) is 2.38. The highest BCUT2D eigenvalue weighted by Crippen LogP contribution is 2.17. The number of hydrogen-bond acceptors (Lipinski definition) is 2. The summed E-state index contributed by atoms with van der Waals surface area (Å²) in [5, 5.41) is 0. The first-order valence-corrected chi connectivity index (χ1v) is 6.56. The van der Waals surface area contributed by atoms with Crippen molar-refractivity contribution in [2.24, 2.45) is 5.73 Å². The second-order valence-electron chi connectivity index (χ2n) is 4.41. The second-order valence-corrected chi connectivity index (χ2v) is 4.85. The van der Waals surface area contributed by atoms with Crippen LogP contribution in [0.25, 0.3) is 5.69 Å². The Morgan fingerprint density at radius 2 is 2.05 bits per heavy atom. The normalized spacial score (nSPS) is 10.4. The van der Waals surface area contributed by atoms with E-state index in [1.807, 2.05) is 29.7 Å². The van der Waals surface area contributed by atoms with Gasteiger partial charge in [0.15, 0.2) is 5.43 Å². The van der Waals surface area contributed by atoms with Crippen LogP contribution in [0.4, 0.5) is 0 Å². The summed E-state index contributed by atoms with van der Waals surface area (Å²) in [7, 11) is 0. The van der Waals surface area contributed by atoms with E-state index in [4.69, 9.17) is 18.0 Å². The van der Waals surface area contributed by atoms with Crippen molar-refractivity contribution in [3.8, 4) is 5.69 Å². The minimum atomic E-state index is -0.129. The van der Waals surface area contributed by atoms with Crippen molar-refractivity contribution in [3.05, 3.63) is 63.6 Å². The molecule has 3 nitrogen and oxygen atoms in total. The summed E-state index contributed by atoms with van der Waals surface area (Å²) in [6.45, 7) is 4.00. The van der Waals surface area contributed by atoms with E-state index < -0.39 is 0 Å². The zero-order valence-electron chi connectivity index (χ0n) is 11.0. The van der Waals surface area contributed by atoms with E-state index in [0.29, 0.717) is 5.56 Å². The van der Waals surface area contributed by atoms with Gasteiger partial charge in [0.05, 0.1) is 5.56 Å². The Labute approximate surface area is 117 Å². The fourth-order valence-electron chi connectivity index (χ4n) is 2.12. The molecule has 1 aromatic heterocycles. The fraction of sp³-hybridized carbons (Fsp3) is 0.200. The zero-order chi connectivity index (χ0) is 14.0. The van der Waals surface area contributed by atoms with Gasteiger partial charge in [0, 0.05) is 23.6 Å². The Balaban J connectivity index is 2.72. The van der Waals surface area contributed by atoms with E-state index in [1.165, 1.54) is 5.56 Å². The molecule has 0 fully saturated rings. The fourth-order valence-corrected chi connectivity index (χ4v) is 2.27. The lowest BCUT2D eigenvalue weighted by Gasteiger charge is -2.15. The van der Waals surface area contributed by atoms with Crippen LogP contribution in [-0.2, 0) is 6.42 Å². The summed E-state index contributed by atoms with van der Waals surface area (Å²) in [5.41, 5.74) is 8.99. The van der Waals surface area contributed by atoms with Gasteiger partial charge in [-0.2, -0.15) is 0 Å². The van der Waals surface area contributed by atoms with E-state index in [2.05, 4.69) is 13.0 Å². The topological polar surface area (TPSA) is 48.0 Å². The van der Waals surface area contributed by atoms with Gasteiger partial charge in [0.25, 0.3) is 0 Å². The van der Waals surface area contributed by atoms with Crippen molar-refractivity contribution in [2.75, 3.05) is 0 Å². The van der Waals surface area contributed by atoms with Crippen molar-refractivity contribution in [2.45, 2.75) is 20.3 Å². The van der Waals surface area contributed by atoms with Crippen molar-refractivity contribution in [3.63, 3.8) is 0 Å². The third kappa shape index (κ3) is 2.58. The van der Waals surface area contributed by atoms with E-state index in [9.17, 15) is 4.79 Å². The lowest BCUT2D eigenvalue weighted by Crippen LogP contribution is -2.23. The molecule has 98 valence electrons. The Bertz CT molecular complexity index is 689. The maximum Gasteiger partial charge on any atom is 0.192 e. The number of rotatable bonds is 3. The molecule has 19 heavy (non-hydrogen) atoms. The van der Waals surface area contributed by atoms with Crippen LogP contribution < -0.4 is 11.2 Å². The molecule has 0 aliphatic carbocycles. The summed E-state index contributed by atoms with van der Waals surface area (Å²) in [6, 6.07) is 9.66. The van der Waals surface area contributed by atoms with Crippen LogP contribution in [0.3, 0.4) is 0 Å². The van der Waals surface area contributed by atoms with Gasteiger partial charge in [-0.15, -0.1) is 0 Å². The van der Waals surface area contributed by atoms with Crippen LogP contribution in [-0.4, -0.2) is 9.56 Å². The maximum absolute atomic E-state index is 11.8. The summed E-state index contributed by atoms with van der Waals surface area (Å²) in [6.07, 6.45) is 2.65. The summed E-state index contributed by atoms with van der Waals surface area (Å²) in [4.78, 5) is 12.0. The molecule has 0 aliphatic heterocycles. The average molecular weight is 272 g/mol. The largest absolute Gasteiger partial charge is 0.389 e. The quantitative estimate of drug-likeness (QED) is 0.872. The molecule has 2 N–H and O–H groups in total. The van der Waals surface area contributed by atoms with Crippen LogP contribution in [0.5, 0.6) is 0 Å². The molecule has 0 spiro atoms. The molecular weight excluding hydrogens is 256 g/mol. The predicted molar refractivity (Wildman–Crippen MR) is 82.0 cm³/mol. The number of pyridine rings is 1. The zero-order valence-corrected chi connectivity index (χ0v) is 11.8. The maximum atomic E-state index is 11.8. The molecule has 0 bridgehead atoms. The number of nitrogens with two attached hydrogens (primary N) is 1. The van der Waals surface area contributed by atoms with Gasteiger partial charge in [-0.05, 0) is 25.0 Å². The predicted octanol–water partition coefficient (Wildman–Crippen LogP) is 2.34. The number of para-hydroxylation sites is 1. The molecule has 0 unspecified atom stereocenters. The van der Waals surface area contributed by atoms with Crippen molar-refractivity contribution in [1.82, 2.24) is 4.57 Å². The van der Waals surface area contributed by atoms with Crippen molar-refractivity contribution < 1.29 is 0 Å². The minimum absolute atomic E-state index is 0.129. The van der Waals surface area contributed by atoms with Gasteiger partial charge < -0.3 is 10.3 Å². The van der Waals surface area contributed by atoms with E-state index >= 15 is 0 Å². The molecule has 4 heteroatoms. The molecule has 1 aromatic carbocycles. The van der Waals surface area contributed by atoms with Crippen LogP contribution in [0, 0.1) is 6.92 Å². The first-order chi connectivity index (χ1) is 9.04. The number of hydrogen-bond donors (Lipinski definition) is 1. The Morgan fingerprint density at radius 1 is 1.37 bits per heavy atom. The lowest BCUT2D eigenvalue weighted by atomic mass is 10.1. The third-order valence-corrected chi connectivity index (χ3v) is 3.36. The van der Waals surface area contributed by atoms with Crippen molar-refractivity contribution in [1.29, 1.82) is 0 Å². The summed E-state index contributed by atoms with van der Waals surface area (Å²) in [5.74, 6) is 0. The lowest BCUT2D eigenvalue weighted by molar-refractivity contribution is 0.942. The van der Waals surface area contributed by atoms with Gasteiger partial charge >= 0.3 is 0 Å². The first-order valence-electron chi connectivity index (χ1n) is 6.16. The smallest absolute Gasteiger partial charge is 0.192 e. The number of thiocarbonyl (C=S) groups is 1. The number of aryl methyl sites for hydroxylation is 2. The first kappa shape index (κ1) is 13.5. The molecule has 0 aliphatic rings. The SMILES string of the molecule is CCc1ccccc1-n1cc(C(N)=S)c(=O)cc1C. The second kappa shape index (κ2) is 5.36. The number of benzene rings is 1. The molecule has 0 atom stereocenters. The summed E-state index contributed by atoms with van der Waals surface area (Å²) < 4.78 is 1.97. The molecule has 2 rings (SSSR count). The van der Waals surface area contributed by atoms with Crippen LogP contribution >= 0.6 is 12.2 Å². The highest BCUT2D eigenvalue weighted by atomic mass is 32.1. The molecule has 2 aromatic rings. The Hall–Kier alpha value is -1.94. The van der Waals surface area contributed by atoms with Crippen LogP contribution in [0.15, 0.2) is 41.3 Å². The highest BCUT2D eigenvalue weighted by Gasteiger charge is 2.09. The van der Waals surface area contributed by atoms with E-state index in [1.54, 1.807) is 12.3 Å². The molecule has 0 saturated carbocycles. The van der Waals surface area contributed by atoms with E-state index in [0.717, 1.165) is 17.8 Å². The van der Waals surface area contributed by atoms with Crippen LogP contribution in [0.2, 0.25) is 0 Å². The highest BCUT2D eigenvalue weighted by molar-refractivity contribution is 7.80. The molecule has 0 saturated heterocycles. The monoisotopic (exact) mass is 272 g/mol. The minimum Gasteiger partial charge on any atom is -0.389 e. The molecule has 1 heterocycles. The molecule has 0 amide bonds. The van der Waals surface area contributed by atoms with Gasteiger partial charge in [0.2, 0.25) is 0 Å². The van der Waals surface area contributed by atoms with E-state index in [-0.39, 0.29) is 10.4 Å². The third-order valence-electron chi connectivity index (χ3n) is 3.14. The number of nitrogens with zero attached hydrogens (tertiary/aromatic N) is 1. The Morgan fingerprint density at radius 3 is 2.68 bits per heavy atom. The van der Waals surface area contributed by atoms with Crippen LogP contribution in [0.1, 0.15) is 23.7 Å².